The van der Waals surface area contributed by atoms with Crippen LogP contribution in [0.4, 0.5) is 13.2 Å². The second-order valence-electron chi connectivity index (χ2n) is 4.34. The van der Waals surface area contributed by atoms with E-state index in [9.17, 15) is 13.2 Å². The number of halogens is 4. The van der Waals surface area contributed by atoms with Crippen molar-refractivity contribution >= 4 is 0 Å². The van der Waals surface area contributed by atoms with Crippen LogP contribution >= 0.6 is 0 Å². The third-order valence-corrected chi connectivity index (χ3v) is 2.80. The van der Waals surface area contributed by atoms with Crippen molar-refractivity contribution in [1.82, 2.24) is 0 Å². The summed E-state index contributed by atoms with van der Waals surface area (Å²) in [5, 5.41) is 0. The molecule has 2 aromatic rings. The van der Waals surface area contributed by atoms with Crippen molar-refractivity contribution in [2.75, 3.05) is 0 Å². The van der Waals surface area contributed by atoms with E-state index in [0.717, 1.165) is 5.56 Å². The minimum absolute atomic E-state index is 0. The van der Waals surface area contributed by atoms with Crippen LogP contribution in [0.15, 0.2) is 48.5 Å². The third-order valence-electron chi connectivity index (χ3n) is 2.80. The van der Waals surface area contributed by atoms with Gasteiger partial charge in [0.1, 0.15) is 18.1 Å². The molecule has 7 heteroatoms. The summed E-state index contributed by atoms with van der Waals surface area (Å²) in [6.45, 7) is 0.665. The van der Waals surface area contributed by atoms with Crippen molar-refractivity contribution in [3.05, 3.63) is 59.7 Å². The van der Waals surface area contributed by atoms with Crippen LogP contribution in [0.25, 0.3) is 0 Å². The Morgan fingerprint density at radius 3 is 2.18 bits per heavy atom. The summed E-state index contributed by atoms with van der Waals surface area (Å²) in [5.74, 6) is 0.327. The highest BCUT2D eigenvalue weighted by Crippen LogP contribution is 2.27. The lowest BCUT2D eigenvalue weighted by atomic mass is 10.2. The number of para-hydroxylation sites is 1. The third kappa shape index (κ3) is 5.46. The van der Waals surface area contributed by atoms with Gasteiger partial charge in [0.2, 0.25) is 0 Å². The molecule has 0 aliphatic heterocycles. The molecular formula is C15H15ClF3NO2. The van der Waals surface area contributed by atoms with Gasteiger partial charge in [-0.2, -0.15) is 0 Å². The fourth-order valence-corrected chi connectivity index (χ4v) is 1.76. The minimum Gasteiger partial charge on any atom is -1.00 e. The predicted molar refractivity (Wildman–Crippen MR) is 70.5 cm³/mol. The van der Waals surface area contributed by atoms with Crippen molar-refractivity contribution in [3.63, 3.8) is 0 Å². The first-order valence-electron chi connectivity index (χ1n) is 6.32. The molecule has 0 spiro atoms. The molecule has 0 saturated carbocycles. The van der Waals surface area contributed by atoms with E-state index < -0.39 is 6.36 Å². The summed E-state index contributed by atoms with van der Waals surface area (Å²) >= 11 is 0. The minimum atomic E-state index is -4.72. The first-order chi connectivity index (χ1) is 9.98. The Hall–Kier alpha value is -1.92. The van der Waals surface area contributed by atoms with Crippen LogP contribution in [-0.4, -0.2) is 6.36 Å². The Kier molecular flexibility index (Phi) is 6.52. The van der Waals surface area contributed by atoms with Crippen LogP contribution in [0.2, 0.25) is 0 Å². The predicted octanol–water partition coefficient (Wildman–Crippen LogP) is -0.0899. The van der Waals surface area contributed by atoms with Gasteiger partial charge in [-0.25, -0.2) is 0 Å². The number of ether oxygens (including phenoxy) is 2. The second kappa shape index (κ2) is 7.91. The van der Waals surface area contributed by atoms with Gasteiger partial charge in [-0.15, -0.1) is 13.2 Å². The van der Waals surface area contributed by atoms with E-state index in [1.165, 1.54) is 18.2 Å². The van der Waals surface area contributed by atoms with Gasteiger partial charge < -0.3 is 27.6 Å². The molecule has 0 aliphatic rings. The first-order valence-corrected chi connectivity index (χ1v) is 6.32. The Balaban J connectivity index is 0.00000242. The number of benzene rings is 2. The molecule has 22 heavy (non-hydrogen) atoms. The fraction of sp³-hybridized carbons (Fsp3) is 0.200. The standard InChI is InChI=1S/C15H14F3NO2.ClH/c16-15(17,18)21-14-4-2-1-3-12(14)10-20-13-7-5-11(9-19)6-8-13;/h1-8H,9-10,19H2;1H. The number of hydrogen-bond donors (Lipinski definition) is 1. The molecule has 0 amide bonds. The maximum atomic E-state index is 12.3. The van der Waals surface area contributed by atoms with Gasteiger partial charge in [-0.05, 0) is 30.3 Å². The normalized spacial score (nSPS) is 10.7. The number of hydrogen-bond acceptors (Lipinski definition) is 2. The Labute approximate surface area is 132 Å². The zero-order chi connectivity index (χ0) is 15.3. The smallest absolute Gasteiger partial charge is 0.573 e. The molecule has 3 nitrogen and oxygen atoms in total. The van der Waals surface area contributed by atoms with Crippen molar-refractivity contribution in [1.29, 1.82) is 0 Å². The Morgan fingerprint density at radius 1 is 0.955 bits per heavy atom. The van der Waals surface area contributed by atoms with Gasteiger partial charge in [0.05, 0.1) is 6.54 Å². The summed E-state index contributed by atoms with van der Waals surface area (Å²) in [5.41, 5.74) is 5.15. The molecule has 0 fully saturated rings. The average Bonchev–Trinajstić information content (AvgIpc) is 2.45. The molecule has 0 unspecified atom stereocenters. The van der Waals surface area contributed by atoms with E-state index in [1.807, 2.05) is 12.1 Å². The molecule has 0 aromatic heterocycles. The van der Waals surface area contributed by atoms with Crippen LogP contribution < -0.4 is 27.6 Å². The number of rotatable bonds is 5. The lowest BCUT2D eigenvalue weighted by Crippen LogP contribution is -3.00. The largest absolute Gasteiger partial charge is 1.00 e. The summed E-state index contributed by atoms with van der Waals surface area (Å²) in [6.07, 6.45) is -4.72. The average molecular weight is 334 g/mol. The summed E-state index contributed by atoms with van der Waals surface area (Å²) in [4.78, 5) is 0. The van der Waals surface area contributed by atoms with E-state index in [0.29, 0.717) is 17.9 Å². The SMILES string of the molecule is [Cl-].[NH3+]Cc1ccc(OCc2ccccc2OC(F)(F)F)cc1. The molecule has 0 atom stereocenters. The van der Waals surface area contributed by atoms with Crippen LogP contribution in [0.1, 0.15) is 11.1 Å². The van der Waals surface area contributed by atoms with E-state index in [4.69, 9.17) is 4.74 Å². The number of alkyl halides is 3. The maximum Gasteiger partial charge on any atom is 0.573 e. The van der Waals surface area contributed by atoms with Crippen molar-refractivity contribution in [3.8, 4) is 11.5 Å². The molecule has 2 rings (SSSR count). The van der Waals surface area contributed by atoms with Crippen molar-refractivity contribution in [2.45, 2.75) is 19.5 Å². The molecule has 0 heterocycles. The first kappa shape index (κ1) is 18.1. The van der Waals surface area contributed by atoms with Crippen LogP contribution in [-0.2, 0) is 13.2 Å². The Bertz CT molecular complexity index is 588. The molecule has 0 saturated heterocycles. The monoisotopic (exact) mass is 333 g/mol. The topological polar surface area (TPSA) is 46.1 Å². The molecule has 3 N–H and O–H groups in total. The summed E-state index contributed by atoms with van der Waals surface area (Å²) in [7, 11) is 0. The van der Waals surface area contributed by atoms with E-state index >= 15 is 0 Å². The highest BCUT2D eigenvalue weighted by molar-refractivity contribution is 5.34. The summed E-state index contributed by atoms with van der Waals surface area (Å²) < 4.78 is 46.3. The van der Waals surface area contributed by atoms with Gasteiger partial charge >= 0.3 is 6.36 Å². The van der Waals surface area contributed by atoms with Gasteiger partial charge in [0, 0.05) is 11.1 Å². The van der Waals surface area contributed by atoms with Crippen LogP contribution in [0, 0.1) is 0 Å². The highest BCUT2D eigenvalue weighted by atomic mass is 35.5. The molecule has 0 bridgehead atoms. The molecule has 2 aromatic carbocycles. The van der Waals surface area contributed by atoms with Crippen LogP contribution in [0.5, 0.6) is 11.5 Å². The maximum absolute atomic E-state index is 12.3. The zero-order valence-corrected chi connectivity index (χ0v) is 12.3. The fourth-order valence-electron chi connectivity index (χ4n) is 1.76. The van der Waals surface area contributed by atoms with E-state index in [1.54, 1.807) is 18.2 Å². The highest BCUT2D eigenvalue weighted by Gasteiger charge is 2.32. The lowest BCUT2D eigenvalue weighted by Gasteiger charge is -2.13. The number of quaternary nitrogens is 1. The quantitative estimate of drug-likeness (QED) is 0.831. The van der Waals surface area contributed by atoms with Crippen molar-refractivity contribution < 1.29 is 40.8 Å². The van der Waals surface area contributed by atoms with Gasteiger partial charge in [-0.3, -0.25) is 0 Å². The van der Waals surface area contributed by atoms with Gasteiger partial charge in [0.25, 0.3) is 0 Å². The van der Waals surface area contributed by atoms with Gasteiger partial charge in [0.15, 0.2) is 0 Å². The van der Waals surface area contributed by atoms with E-state index in [-0.39, 0.29) is 24.8 Å². The zero-order valence-electron chi connectivity index (χ0n) is 11.6. The summed E-state index contributed by atoms with van der Waals surface area (Å²) in [6, 6.07) is 13.1. The van der Waals surface area contributed by atoms with E-state index in [2.05, 4.69) is 10.5 Å². The molecule has 0 radical (unpaired) electrons. The Morgan fingerprint density at radius 2 is 1.59 bits per heavy atom. The lowest BCUT2D eigenvalue weighted by molar-refractivity contribution is -0.386. The van der Waals surface area contributed by atoms with Crippen molar-refractivity contribution in [2.24, 2.45) is 0 Å². The molecule has 120 valence electrons. The van der Waals surface area contributed by atoms with Gasteiger partial charge in [-0.1, -0.05) is 18.2 Å². The second-order valence-corrected chi connectivity index (χ2v) is 4.34. The molecular weight excluding hydrogens is 319 g/mol. The van der Waals surface area contributed by atoms with Crippen LogP contribution in [0.3, 0.4) is 0 Å². The molecule has 0 aliphatic carbocycles.